The van der Waals surface area contributed by atoms with Crippen molar-refractivity contribution >= 4 is 40.1 Å². The van der Waals surface area contributed by atoms with E-state index in [1.54, 1.807) is 11.8 Å². The topological polar surface area (TPSA) is 24.4 Å². The first-order valence-electron chi connectivity index (χ1n) is 10.3. The van der Waals surface area contributed by atoms with Crippen LogP contribution in [0, 0.1) is 6.92 Å². The molecule has 0 saturated carbocycles. The summed E-state index contributed by atoms with van der Waals surface area (Å²) in [7, 11) is 0. The molecule has 1 aliphatic rings. The summed E-state index contributed by atoms with van der Waals surface area (Å²) in [5.74, 6) is 0.905. The van der Waals surface area contributed by atoms with Gasteiger partial charge in [0, 0.05) is 5.75 Å². The van der Waals surface area contributed by atoms with E-state index < -0.39 is 0 Å². The first kappa shape index (κ1) is 21.5. The van der Waals surface area contributed by atoms with Crippen molar-refractivity contribution in [2.24, 2.45) is 4.99 Å². The summed E-state index contributed by atoms with van der Waals surface area (Å²) in [5.41, 5.74) is 5.24. The molecule has 0 unspecified atom stereocenters. The van der Waals surface area contributed by atoms with Crippen molar-refractivity contribution in [3.8, 4) is 0 Å². The Bertz CT molecular complexity index is 1190. The normalized spacial score (nSPS) is 17.6. The van der Waals surface area contributed by atoms with Gasteiger partial charge in [0.05, 0.1) is 6.04 Å². The second-order valence-corrected chi connectivity index (χ2v) is 8.66. The molecule has 2 atom stereocenters. The predicted molar refractivity (Wildman–Crippen MR) is 136 cm³/mol. The highest BCUT2D eigenvalue weighted by Gasteiger charge is 2.31. The van der Waals surface area contributed by atoms with Gasteiger partial charge in [-0.05, 0) is 39.9 Å². The van der Waals surface area contributed by atoms with Crippen molar-refractivity contribution in [3.05, 3.63) is 119 Å². The number of nitrogens with zero attached hydrogens (tertiary/aromatic N) is 1. The molecule has 0 aromatic heterocycles. The molecule has 0 aliphatic carbocycles. The van der Waals surface area contributed by atoms with Crippen molar-refractivity contribution in [2.75, 3.05) is 0 Å². The van der Waals surface area contributed by atoms with Gasteiger partial charge in [0.15, 0.2) is 5.17 Å². The predicted octanol–water partition coefficient (Wildman–Crippen LogP) is 7.25. The van der Waals surface area contributed by atoms with Crippen LogP contribution in [0.2, 0.25) is 0 Å². The van der Waals surface area contributed by atoms with Gasteiger partial charge in [0.1, 0.15) is 6.04 Å². The Hall–Kier alpha value is -2.75. The number of rotatable bonds is 4. The van der Waals surface area contributed by atoms with Gasteiger partial charge in [0.2, 0.25) is 0 Å². The second-order valence-electron chi connectivity index (χ2n) is 7.69. The number of fused-ring (bicyclic) bond motifs is 1. The highest BCUT2D eigenvalue weighted by atomic mass is 35.5. The number of hydrogen-bond acceptors (Lipinski definition) is 3. The molecular formula is C27H25ClN2S. The van der Waals surface area contributed by atoms with Gasteiger partial charge in [0.25, 0.3) is 0 Å². The van der Waals surface area contributed by atoms with E-state index in [1.165, 1.54) is 33.0 Å². The lowest BCUT2D eigenvalue weighted by atomic mass is 9.95. The average Bonchev–Trinajstić information content (AvgIpc) is 3.24. The van der Waals surface area contributed by atoms with Crippen LogP contribution < -0.4 is 5.32 Å². The number of amidine groups is 1. The molecule has 0 saturated heterocycles. The highest BCUT2D eigenvalue weighted by Crippen LogP contribution is 2.38. The van der Waals surface area contributed by atoms with Crippen LogP contribution in [0.25, 0.3) is 10.8 Å². The van der Waals surface area contributed by atoms with Crippen LogP contribution in [0.1, 0.15) is 34.3 Å². The summed E-state index contributed by atoms with van der Waals surface area (Å²) < 4.78 is 0. The van der Waals surface area contributed by atoms with Crippen LogP contribution in [0.15, 0.2) is 102 Å². The van der Waals surface area contributed by atoms with Crippen molar-refractivity contribution < 1.29 is 0 Å². The summed E-state index contributed by atoms with van der Waals surface area (Å²) in [6.45, 7) is 2.20. The molecular weight excluding hydrogens is 420 g/mol. The standard InChI is InChI=1S/C27H24N2S.ClH/c1-19-16-17-20-10-8-9-15-23(20)24(19)18-30-27-28-25(21-11-4-2-5-12-21)26(29-27)22-13-6-3-7-14-22;/h2-17,25-26H,18H2,1H3,(H,28,29);1H/t25-,26+;. The Morgan fingerprint density at radius 2 is 1.42 bits per heavy atom. The average molecular weight is 445 g/mol. The molecule has 5 rings (SSSR count). The molecule has 2 nitrogen and oxygen atoms in total. The third-order valence-electron chi connectivity index (χ3n) is 5.78. The third kappa shape index (κ3) is 4.48. The Morgan fingerprint density at radius 3 is 2.16 bits per heavy atom. The van der Waals surface area contributed by atoms with Crippen LogP contribution in [0.4, 0.5) is 0 Å². The molecule has 31 heavy (non-hydrogen) atoms. The maximum atomic E-state index is 5.11. The molecule has 4 aromatic carbocycles. The molecule has 4 heteroatoms. The Morgan fingerprint density at radius 1 is 0.774 bits per heavy atom. The van der Waals surface area contributed by atoms with E-state index in [0.29, 0.717) is 0 Å². The summed E-state index contributed by atoms with van der Waals surface area (Å²) in [6.07, 6.45) is 0. The zero-order valence-electron chi connectivity index (χ0n) is 17.4. The van der Waals surface area contributed by atoms with Crippen LogP contribution in [-0.4, -0.2) is 5.17 Å². The van der Waals surface area contributed by atoms with E-state index in [1.807, 2.05) is 0 Å². The van der Waals surface area contributed by atoms with Gasteiger partial charge in [-0.2, -0.15) is 0 Å². The third-order valence-corrected chi connectivity index (χ3v) is 6.71. The maximum Gasteiger partial charge on any atom is 0.158 e. The van der Waals surface area contributed by atoms with Crippen LogP contribution in [0.3, 0.4) is 0 Å². The van der Waals surface area contributed by atoms with E-state index in [9.17, 15) is 0 Å². The molecule has 1 heterocycles. The summed E-state index contributed by atoms with van der Waals surface area (Å²) >= 11 is 1.80. The fourth-order valence-electron chi connectivity index (χ4n) is 4.15. The largest absolute Gasteiger partial charge is 0.356 e. The maximum absolute atomic E-state index is 5.11. The van der Waals surface area contributed by atoms with E-state index in [-0.39, 0.29) is 24.5 Å². The molecule has 156 valence electrons. The molecule has 0 bridgehead atoms. The van der Waals surface area contributed by atoms with Crippen LogP contribution >= 0.6 is 24.2 Å². The van der Waals surface area contributed by atoms with Gasteiger partial charge >= 0.3 is 0 Å². The van der Waals surface area contributed by atoms with Crippen molar-refractivity contribution in [1.29, 1.82) is 0 Å². The first-order chi connectivity index (χ1) is 14.8. The number of nitrogens with one attached hydrogen (secondary N) is 1. The van der Waals surface area contributed by atoms with Gasteiger partial charge in [-0.25, -0.2) is 0 Å². The summed E-state index contributed by atoms with van der Waals surface area (Å²) in [5, 5.41) is 7.36. The SMILES string of the molecule is Cc1ccc2ccccc2c1CSC1=N[C@H](c2ccccc2)[C@H](c2ccccc2)N1.Cl. The highest BCUT2D eigenvalue weighted by molar-refractivity contribution is 8.13. The number of benzene rings is 4. The Balaban J connectivity index is 0.00000231. The van der Waals surface area contributed by atoms with Crippen molar-refractivity contribution in [1.82, 2.24) is 5.32 Å². The quantitative estimate of drug-likeness (QED) is 0.358. The molecule has 0 spiro atoms. The number of thioether (sulfide) groups is 1. The van der Waals surface area contributed by atoms with E-state index >= 15 is 0 Å². The molecule has 0 radical (unpaired) electrons. The Kier molecular flexibility index (Phi) is 6.64. The second kappa shape index (κ2) is 9.59. The molecule has 0 fully saturated rings. The number of aryl methyl sites for hydroxylation is 1. The molecule has 4 aromatic rings. The molecule has 0 amide bonds. The lowest BCUT2D eigenvalue weighted by Crippen LogP contribution is -2.22. The minimum absolute atomic E-state index is 0. The smallest absolute Gasteiger partial charge is 0.158 e. The zero-order chi connectivity index (χ0) is 20.3. The fourth-order valence-corrected chi connectivity index (χ4v) is 5.21. The minimum atomic E-state index is 0. The van der Waals surface area contributed by atoms with Gasteiger partial charge < -0.3 is 5.32 Å². The number of hydrogen-bond donors (Lipinski definition) is 1. The van der Waals surface area contributed by atoms with E-state index in [4.69, 9.17) is 4.99 Å². The lowest BCUT2D eigenvalue weighted by Gasteiger charge is -2.19. The van der Waals surface area contributed by atoms with Gasteiger partial charge in [-0.1, -0.05) is 109 Å². The van der Waals surface area contributed by atoms with E-state index in [2.05, 4.69) is 109 Å². The number of aliphatic imine (C=N–C) groups is 1. The van der Waals surface area contributed by atoms with Crippen molar-refractivity contribution in [2.45, 2.75) is 24.8 Å². The van der Waals surface area contributed by atoms with Crippen LogP contribution in [-0.2, 0) is 5.75 Å². The molecule has 1 N–H and O–H groups in total. The molecule has 1 aliphatic heterocycles. The fraction of sp³-hybridized carbons (Fsp3) is 0.148. The van der Waals surface area contributed by atoms with Crippen molar-refractivity contribution in [3.63, 3.8) is 0 Å². The first-order valence-corrected chi connectivity index (χ1v) is 11.3. The minimum Gasteiger partial charge on any atom is -0.356 e. The van der Waals surface area contributed by atoms with E-state index in [0.717, 1.165) is 10.9 Å². The zero-order valence-corrected chi connectivity index (χ0v) is 19.0. The monoisotopic (exact) mass is 444 g/mol. The number of halogens is 1. The van der Waals surface area contributed by atoms with Gasteiger partial charge in [-0.3, -0.25) is 4.99 Å². The lowest BCUT2D eigenvalue weighted by molar-refractivity contribution is 0.573. The summed E-state index contributed by atoms with van der Waals surface area (Å²) in [6, 6.07) is 34.6. The van der Waals surface area contributed by atoms with Crippen LogP contribution in [0.5, 0.6) is 0 Å². The Labute approximate surface area is 194 Å². The van der Waals surface area contributed by atoms with Gasteiger partial charge in [-0.15, -0.1) is 12.4 Å². The summed E-state index contributed by atoms with van der Waals surface area (Å²) in [4.78, 5) is 5.11.